The Morgan fingerprint density at radius 1 is 1.42 bits per heavy atom. The lowest BCUT2D eigenvalue weighted by Crippen LogP contribution is -2.35. The molecule has 5 nitrogen and oxygen atoms in total. The van der Waals surface area contributed by atoms with Crippen LogP contribution in [-0.4, -0.2) is 36.5 Å². The summed E-state index contributed by atoms with van der Waals surface area (Å²) in [6, 6.07) is 3.47. The first-order valence-electron chi connectivity index (χ1n) is 5.94. The molecule has 6 heteroatoms. The third-order valence-corrected chi connectivity index (χ3v) is 2.73. The molecule has 0 aliphatic carbocycles. The van der Waals surface area contributed by atoms with Crippen LogP contribution in [0.2, 0.25) is 0 Å². The number of rotatable bonds is 6. The summed E-state index contributed by atoms with van der Waals surface area (Å²) in [5.41, 5.74) is 0. The Bertz CT molecular complexity index is 467. The Morgan fingerprint density at radius 3 is 2.68 bits per heavy atom. The summed E-state index contributed by atoms with van der Waals surface area (Å²) in [4.78, 5) is 24.6. The standard InChI is InChI=1S/C13H16BrNO4/c1-3-15(9-13(17)18-4-2)12(16)8-6-10-5-7-11(14)19-10/h5-8H,3-4,9H2,1-2H3/b8-6+. The molecule has 0 saturated heterocycles. The van der Waals surface area contributed by atoms with Crippen LogP contribution in [0.25, 0.3) is 6.08 Å². The van der Waals surface area contributed by atoms with Crippen molar-refractivity contribution in [3.63, 3.8) is 0 Å². The normalized spacial score (nSPS) is 10.7. The third-order valence-electron chi connectivity index (χ3n) is 2.30. The zero-order chi connectivity index (χ0) is 14.3. The molecule has 1 aromatic rings. The summed E-state index contributed by atoms with van der Waals surface area (Å²) in [6.45, 7) is 4.22. The summed E-state index contributed by atoms with van der Waals surface area (Å²) >= 11 is 3.17. The van der Waals surface area contributed by atoms with Crippen molar-refractivity contribution in [3.8, 4) is 0 Å². The van der Waals surface area contributed by atoms with E-state index in [0.717, 1.165) is 0 Å². The van der Waals surface area contributed by atoms with Gasteiger partial charge in [-0.05, 0) is 48.0 Å². The van der Waals surface area contributed by atoms with E-state index in [4.69, 9.17) is 9.15 Å². The molecule has 19 heavy (non-hydrogen) atoms. The van der Waals surface area contributed by atoms with Gasteiger partial charge in [0.1, 0.15) is 12.3 Å². The van der Waals surface area contributed by atoms with Gasteiger partial charge in [-0.3, -0.25) is 9.59 Å². The number of likely N-dealkylation sites (N-methyl/N-ethyl adjacent to an activating group) is 1. The largest absolute Gasteiger partial charge is 0.465 e. The predicted octanol–water partition coefficient (Wildman–Crippen LogP) is 2.47. The van der Waals surface area contributed by atoms with Gasteiger partial charge in [0, 0.05) is 12.6 Å². The minimum absolute atomic E-state index is 0.0463. The van der Waals surface area contributed by atoms with E-state index < -0.39 is 5.97 Å². The smallest absolute Gasteiger partial charge is 0.325 e. The van der Waals surface area contributed by atoms with Gasteiger partial charge in [0.25, 0.3) is 0 Å². The molecule has 1 rings (SSSR count). The van der Waals surface area contributed by atoms with Crippen LogP contribution in [0.15, 0.2) is 27.3 Å². The maximum Gasteiger partial charge on any atom is 0.325 e. The van der Waals surface area contributed by atoms with Crippen LogP contribution in [0, 0.1) is 0 Å². The first-order valence-corrected chi connectivity index (χ1v) is 6.74. The molecular formula is C13H16BrNO4. The molecular weight excluding hydrogens is 314 g/mol. The highest BCUT2D eigenvalue weighted by atomic mass is 79.9. The topological polar surface area (TPSA) is 59.8 Å². The second kappa shape index (κ2) is 7.78. The molecule has 1 heterocycles. The molecule has 0 saturated carbocycles. The SMILES string of the molecule is CCOC(=O)CN(CC)C(=O)/C=C/c1ccc(Br)o1. The quantitative estimate of drug-likeness (QED) is 0.594. The molecule has 0 bridgehead atoms. The summed E-state index contributed by atoms with van der Waals surface area (Å²) in [5.74, 6) is -0.109. The fraction of sp³-hybridized carbons (Fsp3) is 0.385. The zero-order valence-electron chi connectivity index (χ0n) is 10.9. The van der Waals surface area contributed by atoms with Crippen LogP contribution >= 0.6 is 15.9 Å². The van der Waals surface area contributed by atoms with Crippen molar-refractivity contribution in [2.45, 2.75) is 13.8 Å². The average molecular weight is 330 g/mol. The Hall–Kier alpha value is -1.56. The molecule has 0 aromatic carbocycles. The summed E-state index contributed by atoms with van der Waals surface area (Å²) < 4.78 is 10.6. The zero-order valence-corrected chi connectivity index (χ0v) is 12.5. The van der Waals surface area contributed by atoms with Crippen molar-refractivity contribution in [1.29, 1.82) is 0 Å². The number of hydrogen-bond acceptors (Lipinski definition) is 4. The van der Waals surface area contributed by atoms with Crippen LogP contribution in [0.1, 0.15) is 19.6 Å². The lowest BCUT2D eigenvalue weighted by atomic mass is 10.3. The van der Waals surface area contributed by atoms with Crippen LogP contribution in [0.5, 0.6) is 0 Å². The van der Waals surface area contributed by atoms with E-state index in [9.17, 15) is 9.59 Å². The van der Waals surface area contributed by atoms with Crippen molar-refractivity contribution in [3.05, 3.63) is 28.6 Å². The van der Waals surface area contributed by atoms with E-state index in [-0.39, 0.29) is 12.5 Å². The highest BCUT2D eigenvalue weighted by molar-refractivity contribution is 9.10. The van der Waals surface area contributed by atoms with Crippen molar-refractivity contribution in [1.82, 2.24) is 4.90 Å². The fourth-order valence-corrected chi connectivity index (χ4v) is 1.70. The van der Waals surface area contributed by atoms with Gasteiger partial charge in [0.15, 0.2) is 4.67 Å². The first-order chi connectivity index (χ1) is 9.06. The molecule has 0 radical (unpaired) electrons. The molecule has 0 aliphatic rings. The summed E-state index contributed by atoms with van der Waals surface area (Å²) in [5, 5.41) is 0. The highest BCUT2D eigenvalue weighted by Gasteiger charge is 2.13. The summed E-state index contributed by atoms with van der Waals surface area (Å²) in [7, 11) is 0. The van der Waals surface area contributed by atoms with Gasteiger partial charge in [-0.15, -0.1) is 0 Å². The van der Waals surface area contributed by atoms with E-state index in [1.54, 1.807) is 32.1 Å². The minimum Gasteiger partial charge on any atom is -0.465 e. The van der Waals surface area contributed by atoms with Crippen LogP contribution in [0.3, 0.4) is 0 Å². The van der Waals surface area contributed by atoms with Crippen molar-refractivity contribution in [2.75, 3.05) is 19.7 Å². The third kappa shape index (κ3) is 5.30. The number of carbonyl (C=O) groups is 2. The number of nitrogens with zero attached hydrogens (tertiary/aromatic N) is 1. The molecule has 104 valence electrons. The maximum absolute atomic E-state index is 11.9. The molecule has 0 fully saturated rings. The van der Waals surface area contributed by atoms with Crippen LogP contribution in [-0.2, 0) is 14.3 Å². The van der Waals surface area contributed by atoms with Crippen molar-refractivity contribution >= 4 is 33.9 Å². The number of hydrogen-bond donors (Lipinski definition) is 0. The van der Waals surface area contributed by atoms with Crippen molar-refractivity contribution < 1.29 is 18.7 Å². The number of halogens is 1. The van der Waals surface area contributed by atoms with Gasteiger partial charge in [-0.2, -0.15) is 0 Å². The number of esters is 1. The second-order valence-corrected chi connectivity index (χ2v) is 4.41. The van der Waals surface area contributed by atoms with Crippen molar-refractivity contribution in [2.24, 2.45) is 0 Å². The molecule has 0 spiro atoms. The van der Waals surface area contributed by atoms with Gasteiger partial charge >= 0.3 is 5.97 Å². The number of furan rings is 1. The Labute approximate surface area is 120 Å². The molecule has 0 unspecified atom stereocenters. The lowest BCUT2D eigenvalue weighted by molar-refractivity contribution is -0.147. The van der Waals surface area contributed by atoms with Gasteiger partial charge in [0.05, 0.1) is 6.61 Å². The second-order valence-electron chi connectivity index (χ2n) is 3.63. The van der Waals surface area contributed by atoms with Gasteiger partial charge in [-0.25, -0.2) is 0 Å². The lowest BCUT2D eigenvalue weighted by Gasteiger charge is -2.17. The molecule has 0 N–H and O–H groups in total. The van der Waals surface area contributed by atoms with Gasteiger partial charge < -0.3 is 14.1 Å². The van der Waals surface area contributed by atoms with Gasteiger partial charge in [0.2, 0.25) is 5.91 Å². The predicted molar refractivity (Wildman–Crippen MR) is 74.3 cm³/mol. The number of amides is 1. The summed E-state index contributed by atoms with van der Waals surface area (Å²) in [6.07, 6.45) is 2.93. The van der Waals surface area contributed by atoms with E-state index >= 15 is 0 Å². The van der Waals surface area contributed by atoms with E-state index in [1.807, 2.05) is 0 Å². The Morgan fingerprint density at radius 2 is 2.16 bits per heavy atom. The first kappa shape index (κ1) is 15.5. The Kier molecular flexibility index (Phi) is 6.35. The van der Waals surface area contributed by atoms with E-state index in [0.29, 0.717) is 23.6 Å². The van der Waals surface area contributed by atoms with Crippen LogP contribution in [0.4, 0.5) is 0 Å². The monoisotopic (exact) mass is 329 g/mol. The molecule has 0 atom stereocenters. The number of carbonyl (C=O) groups excluding carboxylic acids is 2. The fourth-order valence-electron chi connectivity index (χ4n) is 1.38. The average Bonchev–Trinajstić information content (AvgIpc) is 2.79. The van der Waals surface area contributed by atoms with Crippen LogP contribution < -0.4 is 0 Å². The number of ether oxygens (including phenoxy) is 1. The molecule has 1 amide bonds. The highest BCUT2D eigenvalue weighted by Crippen LogP contribution is 2.15. The maximum atomic E-state index is 11.9. The van der Waals surface area contributed by atoms with E-state index in [1.165, 1.54) is 11.0 Å². The minimum atomic E-state index is -0.410. The van der Waals surface area contributed by atoms with Gasteiger partial charge in [-0.1, -0.05) is 0 Å². The Balaban J connectivity index is 2.58. The molecule has 0 aliphatic heterocycles. The molecule has 1 aromatic heterocycles. The van der Waals surface area contributed by atoms with E-state index in [2.05, 4.69) is 15.9 Å².